The third-order valence-corrected chi connectivity index (χ3v) is 9.76. The molecule has 6 rings (SSSR count). The fourth-order valence-corrected chi connectivity index (χ4v) is 7.16. The monoisotopic (exact) mass is 622 g/mol. The lowest BCUT2D eigenvalue weighted by Crippen LogP contribution is -2.44. The predicted molar refractivity (Wildman–Crippen MR) is 174 cm³/mol. The van der Waals surface area contributed by atoms with Gasteiger partial charge in [0.1, 0.15) is 11.5 Å². The number of nitrogens with zero attached hydrogens (tertiary/aromatic N) is 2. The zero-order valence-electron chi connectivity index (χ0n) is 24.8. The van der Waals surface area contributed by atoms with Crippen molar-refractivity contribution in [2.75, 3.05) is 11.8 Å². The Bertz CT molecular complexity index is 1950. The van der Waals surface area contributed by atoms with Crippen LogP contribution in [0.2, 0.25) is 0 Å². The number of sulfonamides is 1. The van der Waals surface area contributed by atoms with Crippen LogP contribution in [0.25, 0.3) is 21.7 Å². The normalized spacial score (nSPS) is 16.6. The van der Waals surface area contributed by atoms with Crippen LogP contribution in [0.4, 0.5) is 10.5 Å². The summed E-state index contributed by atoms with van der Waals surface area (Å²) in [6.45, 7) is 0.222. The van der Waals surface area contributed by atoms with E-state index in [2.05, 4.69) is 15.0 Å². The summed E-state index contributed by atoms with van der Waals surface area (Å²) in [5.74, 6) is -0.102. The van der Waals surface area contributed by atoms with Gasteiger partial charge >= 0.3 is 6.09 Å². The summed E-state index contributed by atoms with van der Waals surface area (Å²) in [5, 5.41) is 5.17. The van der Waals surface area contributed by atoms with Crippen LogP contribution in [0.1, 0.15) is 41.6 Å². The van der Waals surface area contributed by atoms with Crippen molar-refractivity contribution in [3.05, 3.63) is 114 Å². The van der Waals surface area contributed by atoms with Crippen molar-refractivity contribution < 1.29 is 22.7 Å². The number of hydrogen-bond acceptors (Lipinski definition) is 6. The lowest BCUT2D eigenvalue weighted by Gasteiger charge is -2.35. The Labute approximate surface area is 262 Å². The van der Waals surface area contributed by atoms with Crippen LogP contribution < -0.4 is 10.0 Å². The average molecular weight is 623 g/mol. The zero-order valence-corrected chi connectivity index (χ0v) is 25.7. The topological polar surface area (TPSA) is 118 Å². The molecular formula is C35H34N4O5S. The van der Waals surface area contributed by atoms with E-state index in [1.54, 1.807) is 53.6 Å². The summed E-state index contributed by atoms with van der Waals surface area (Å²) in [6, 6.07) is 28.8. The summed E-state index contributed by atoms with van der Waals surface area (Å²) < 4.78 is 34.7. The number of pyridine rings is 1. The highest BCUT2D eigenvalue weighted by atomic mass is 32.2. The maximum absolute atomic E-state index is 13.7. The minimum Gasteiger partial charge on any atom is -0.445 e. The van der Waals surface area contributed by atoms with Crippen molar-refractivity contribution in [2.45, 2.75) is 49.3 Å². The van der Waals surface area contributed by atoms with Gasteiger partial charge in [0.2, 0.25) is 0 Å². The van der Waals surface area contributed by atoms with Crippen molar-refractivity contribution in [1.82, 2.24) is 15.2 Å². The number of amides is 2. The number of hydrogen-bond donors (Lipinski definition) is 2. The van der Waals surface area contributed by atoms with E-state index >= 15 is 0 Å². The molecule has 0 bridgehead atoms. The molecule has 1 heterocycles. The molecule has 45 heavy (non-hydrogen) atoms. The zero-order chi connectivity index (χ0) is 31.4. The molecule has 1 aliphatic carbocycles. The first kappa shape index (κ1) is 30.1. The highest BCUT2D eigenvalue weighted by Crippen LogP contribution is 2.29. The number of rotatable bonds is 8. The first-order valence-corrected chi connectivity index (χ1v) is 16.4. The standard InChI is InChI=1S/C35H34N4O5S/c1-39(29-18-15-27(16-19-29)37-35(41)44-23-24-8-3-2-4-9-24)34(40)31-13-5-11-26-22-28(17-20-30(26)31)38-45(42,43)32-14-6-10-25-12-7-21-36-33(25)32/h2-14,17,20-22,27,29,38H,15-16,18-19,23H2,1H3,(H,37,41). The third kappa shape index (κ3) is 6.76. The van der Waals surface area contributed by atoms with Gasteiger partial charge in [-0.2, -0.15) is 0 Å². The SMILES string of the molecule is CN(C(=O)c1cccc2cc(NS(=O)(=O)c3cccc4cccnc34)ccc12)C1CCC(NC(=O)OCc2ccccc2)CC1. The Kier molecular flexibility index (Phi) is 8.66. The quantitative estimate of drug-likeness (QED) is 0.204. The minimum absolute atomic E-state index is 0.00237. The maximum Gasteiger partial charge on any atom is 0.407 e. The van der Waals surface area contributed by atoms with E-state index in [1.165, 1.54) is 6.07 Å². The molecular weight excluding hydrogens is 588 g/mol. The summed E-state index contributed by atoms with van der Waals surface area (Å²) >= 11 is 0. The van der Waals surface area contributed by atoms with Crippen LogP contribution in [0.15, 0.2) is 108 Å². The van der Waals surface area contributed by atoms with Gasteiger partial charge in [-0.15, -0.1) is 0 Å². The van der Waals surface area contributed by atoms with Crippen molar-refractivity contribution >= 4 is 49.4 Å². The number of aromatic nitrogens is 1. The molecule has 5 aromatic rings. The third-order valence-electron chi connectivity index (χ3n) is 8.35. The van der Waals surface area contributed by atoms with Gasteiger partial charge in [0.15, 0.2) is 0 Å². The number of ether oxygens (including phenoxy) is 1. The van der Waals surface area contributed by atoms with Gasteiger partial charge in [0.25, 0.3) is 15.9 Å². The first-order chi connectivity index (χ1) is 21.8. The van der Waals surface area contributed by atoms with Crippen LogP contribution >= 0.6 is 0 Å². The van der Waals surface area contributed by atoms with Crippen molar-refractivity contribution in [2.24, 2.45) is 0 Å². The molecule has 0 atom stereocenters. The molecule has 1 aliphatic rings. The van der Waals surface area contributed by atoms with Crippen molar-refractivity contribution in [1.29, 1.82) is 0 Å². The van der Waals surface area contributed by atoms with Gasteiger partial charge in [-0.05, 0) is 72.4 Å². The summed E-state index contributed by atoms with van der Waals surface area (Å²) in [6.07, 6.45) is 4.14. The molecule has 0 spiro atoms. The molecule has 1 aromatic heterocycles. The molecule has 2 amide bonds. The van der Waals surface area contributed by atoms with Gasteiger partial charge in [0, 0.05) is 42.0 Å². The van der Waals surface area contributed by atoms with Crippen LogP contribution in [-0.4, -0.2) is 49.4 Å². The number of carbonyl (C=O) groups is 2. The summed E-state index contributed by atoms with van der Waals surface area (Å²) in [4.78, 5) is 32.1. The Balaban J connectivity index is 1.09. The van der Waals surface area contributed by atoms with E-state index in [4.69, 9.17) is 4.74 Å². The summed E-state index contributed by atoms with van der Waals surface area (Å²) in [5.41, 5.74) is 2.27. The second-order valence-corrected chi connectivity index (χ2v) is 13.0. The molecule has 10 heteroatoms. The average Bonchev–Trinajstić information content (AvgIpc) is 3.06. The Morgan fingerprint density at radius 3 is 2.40 bits per heavy atom. The molecule has 2 N–H and O–H groups in total. The number of fused-ring (bicyclic) bond motifs is 2. The highest BCUT2D eigenvalue weighted by Gasteiger charge is 2.29. The number of alkyl carbamates (subject to hydrolysis) is 1. The first-order valence-electron chi connectivity index (χ1n) is 14.9. The largest absolute Gasteiger partial charge is 0.445 e. The molecule has 1 saturated carbocycles. The molecule has 0 saturated heterocycles. The molecule has 1 fully saturated rings. The summed E-state index contributed by atoms with van der Waals surface area (Å²) in [7, 11) is -2.10. The number of para-hydroxylation sites is 1. The van der Waals surface area contributed by atoms with Crippen LogP contribution in [0, 0.1) is 0 Å². The van der Waals surface area contributed by atoms with E-state index in [9.17, 15) is 18.0 Å². The van der Waals surface area contributed by atoms with Crippen molar-refractivity contribution in [3.8, 4) is 0 Å². The van der Waals surface area contributed by atoms with E-state index < -0.39 is 16.1 Å². The Morgan fingerprint density at radius 2 is 1.60 bits per heavy atom. The van der Waals surface area contributed by atoms with Crippen LogP contribution in [0.5, 0.6) is 0 Å². The molecule has 0 unspecified atom stereocenters. The van der Waals surface area contributed by atoms with Crippen molar-refractivity contribution in [3.63, 3.8) is 0 Å². The van der Waals surface area contributed by atoms with E-state index in [0.29, 0.717) is 16.8 Å². The van der Waals surface area contributed by atoms with Crippen LogP contribution in [-0.2, 0) is 21.4 Å². The van der Waals surface area contributed by atoms with E-state index in [1.807, 2.05) is 55.6 Å². The minimum atomic E-state index is -3.91. The van der Waals surface area contributed by atoms with Crippen LogP contribution in [0.3, 0.4) is 0 Å². The lowest BCUT2D eigenvalue weighted by atomic mass is 9.90. The molecule has 0 aliphatic heterocycles. The smallest absolute Gasteiger partial charge is 0.407 e. The van der Waals surface area contributed by atoms with Gasteiger partial charge in [-0.1, -0.05) is 66.7 Å². The van der Waals surface area contributed by atoms with E-state index in [0.717, 1.165) is 47.4 Å². The van der Waals surface area contributed by atoms with Gasteiger partial charge in [0.05, 0.1) is 5.52 Å². The number of carbonyl (C=O) groups excluding carboxylic acids is 2. The maximum atomic E-state index is 13.7. The predicted octanol–water partition coefficient (Wildman–Crippen LogP) is 6.50. The fourth-order valence-electron chi connectivity index (χ4n) is 5.93. The van der Waals surface area contributed by atoms with Gasteiger partial charge < -0.3 is 15.0 Å². The number of anilines is 1. The number of benzene rings is 4. The number of nitrogens with one attached hydrogen (secondary N) is 2. The van der Waals surface area contributed by atoms with E-state index in [-0.39, 0.29) is 29.5 Å². The van der Waals surface area contributed by atoms with Gasteiger partial charge in [-0.3, -0.25) is 14.5 Å². The molecule has 230 valence electrons. The molecule has 9 nitrogen and oxygen atoms in total. The molecule has 4 aromatic carbocycles. The highest BCUT2D eigenvalue weighted by molar-refractivity contribution is 7.93. The Morgan fingerprint density at radius 1 is 0.867 bits per heavy atom. The lowest BCUT2D eigenvalue weighted by molar-refractivity contribution is 0.0681. The second-order valence-electron chi connectivity index (χ2n) is 11.3. The Hall–Kier alpha value is -4.96. The van der Waals surface area contributed by atoms with Gasteiger partial charge in [-0.25, -0.2) is 13.2 Å². The fraction of sp³-hybridized carbons (Fsp3) is 0.229. The second kappa shape index (κ2) is 13.0. The molecule has 0 radical (unpaired) electrons.